The highest BCUT2D eigenvalue weighted by molar-refractivity contribution is 5.53. The van der Waals surface area contributed by atoms with Crippen LogP contribution in [0.3, 0.4) is 0 Å². The van der Waals surface area contributed by atoms with E-state index in [1.54, 1.807) is 6.07 Å². The van der Waals surface area contributed by atoms with Crippen LogP contribution < -0.4 is 4.74 Å². The summed E-state index contributed by atoms with van der Waals surface area (Å²) in [4.78, 5) is 10.3. The highest BCUT2D eigenvalue weighted by Gasteiger charge is 2.41. The summed E-state index contributed by atoms with van der Waals surface area (Å²) in [6.45, 7) is 0. The van der Waals surface area contributed by atoms with E-state index in [0.29, 0.717) is 0 Å². The van der Waals surface area contributed by atoms with Crippen molar-refractivity contribution in [1.29, 1.82) is 0 Å². The van der Waals surface area contributed by atoms with E-state index in [-0.39, 0.29) is 17.6 Å². The van der Waals surface area contributed by atoms with Crippen LogP contribution >= 0.6 is 0 Å². The molecule has 0 bridgehead atoms. The minimum Gasteiger partial charge on any atom is -0.496 e. The number of methoxy groups -OCH3 is 1. The zero-order valence-corrected chi connectivity index (χ0v) is 8.62. The molecule has 0 aromatic heterocycles. The average Bonchev–Trinajstić information content (AvgIpc) is 2.24. The molecule has 0 radical (unpaired) electrons. The van der Waals surface area contributed by atoms with Gasteiger partial charge in [0, 0.05) is 12.0 Å². The van der Waals surface area contributed by atoms with E-state index >= 15 is 0 Å². The molecule has 88 valence electrons. The minimum absolute atomic E-state index is 0.00963. The second-order valence-electron chi connectivity index (χ2n) is 3.24. The molecule has 0 amide bonds. The van der Waals surface area contributed by atoms with Gasteiger partial charge in [0.2, 0.25) is 0 Å². The van der Waals surface area contributed by atoms with Gasteiger partial charge in [0.25, 0.3) is 0 Å². The van der Waals surface area contributed by atoms with Gasteiger partial charge in [-0.3, -0.25) is 0 Å². The molecule has 1 aromatic rings. The Morgan fingerprint density at radius 3 is 2.50 bits per heavy atom. The number of hydrogen-bond acceptors (Lipinski definition) is 2. The highest BCUT2D eigenvalue weighted by atomic mass is 19.4. The lowest BCUT2D eigenvalue weighted by Gasteiger charge is -2.20. The van der Waals surface area contributed by atoms with Crippen LogP contribution in [-0.2, 0) is 4.79 Å². The van der Waals surface area contributed by atoms with Crippen molar-refractivity contribution >= 4 is 6.29 Å². The van der Waals surface area contributed by atoms with Crippen molar-refractivity contribution in [3.63, 3.8) is 0 Å². The van der Waals surface area contributed by atoms with E-state index < -0.39 is 18.5 Å². The van der Waals surface area contributed by atoms with Crippen LogP contribution in [-0.4, -0.2) is 19.6 Å². The van der Waals surface area contributed by atoms with Crippen LogP contribution in [0.2, 0.25) is 0 Å². The van der Waals surface area contributed by atoms with Gasteiger partial charge < -0.3 is 9.53 Å². The number of aldehydes is 1. The SMILES string of the molecule is COc1ccccc1C(CC=O)C(F)(F)F. The van der Waals surface area contributed by atoms with Gasteiger partial charge in [-0.05, 0) is 6.07 Å². The Balaban J connectivity index is 3.15. The third kappa shape index (κ3) is 2.74. The fraction of sp³-hybridized carbons (Fsp3) is 0.364. The minimum atomic E-state index is -4.45. The maximum absolute atomic E-state index is 12.7. The van der Waals surface area contributed by atoms with E-state index in [1.807, 2.05) is 0 Å². The molecule has 0 saturated heterocycles. The maximum Gasteiger partial charge on any atom is 0.396 e. The van der Waals surface area contributed by atoms with Crippen LogP contribution in [0.5, 0.6) is 5.75 Å². The number of rotatable bonds is 4. The molecule has 0 heterocycles. The second-order valence-corrected chi connectivity index (χ2v) is 3.24. The molecule has 0 fully saturated rings. The Bertz CT molecular complexity index is 360. The van der Waals surface area contributed by atoms with E-state index in [0.717, 1.165) is 0 Å². The third-order valence-electron chi connectivity index (χ3n) is 2.24. The lowest BCUT2D eigenvalue weighted by molar-refractivity contribution is -0.154. The van der Waals surface area contributed by atoms with Gasteiger partial charge in [-0.1, -0.05) is 18.2 Å². The molecule has 16 heavy (non-hydrogen) atoms. The normalized spacial score (nSPS) is 13.2. The van der Waals surface area contributed by atoms with Crippen LogP contribution in [0, 0.1) is 0 Å². The molecule has 0 saturated carbocycles. The number of carbonyl (C=O) groups is 1. The number of halogens is 3. The highest BCUT2D eigenvalue weighted by Crippen LogP contribution is 2.40. The summed E-state index contributed by atoms with van der Waals surface area (Å²) in [5.41, 5.74) is -0.00963. The molecular weight excluding hydrogens is 221 g/mol. The first kappa shape index (κ1) is 12.5. The number of para-hydroxylation sites is 1. The molecule has 2 nitrogen and oxygen atoms in total. The molecular formula is C11H11F3O2. The maximum atomic E-state index is 12.7. The molecule has 1 atom stereocenters. The monoisotopic (exact) mass is 232 g/mol. The molecule has 1 rings (SSSR count). The summed E-state index contributed by atoms with van der Waals surface area (Å²) >= 11 is 0. The van der Waals surface area contributed by atoms with E-state index in [4.69, 9.17) is 4.74 Å². The second kappa shape index (κ2) is 5.01. The van der Waals surface area contributed by atoms with Crippen LogP contribution in [0.1, 0.15) is 17.9 Å². The van der Waals surface area contributed by atoms with Gasteiger partial charge in [0.1, 0.15) is 12.0 Å². The predicted octanol–water partition coefficient (Wildman–Crippen LogP) is 2.93. The third-order valence-corrected chi connectivity index (χ3v) is 2.24. The van der Waals surface area contributed by atoms with Crippen molar-refractivity contribution in [3.8, 4) is 5.75 Å². The molecule has 0 spiro atoms. The van der Waals surface area contributed by atoms with Gasteiger partial charge in [-0.2, -0.15) is 13.2 Å². The molecule has 0 aliphatic carbocycles. The molecule has 1 unspecified atom stereocenters. The van der Waals surface area contributed by atoms with Gasteiger partial charge in [0.05, 0.1) is 13.0 Å². The smallest absolute Gasteiger partial charge is 0.396 e. The van der Waals surface area contributed by atoms with Crippen molar-refractivity contribution in [1.82, 2.24) is 0 Å². The van der Waals surface area contributed by atoms with E-state index in [9.17, 15) is 18.0 Å². The van der Waals surface area contributed by atoms with Crippen molar-refractivity contribution in [3.05, 3.63) is 29.8 Å². The van der Waals surface area contributed by atoms with Gasteiger partial charge in [0.15, 0.2) is 0 Å². The van der Waals surface area contributed by atoms with Crippen molar-refractivity contribution in [2.24, 2.45) is 0 Å². The topological polar surface area (TPSA) is 26.3 Å². The summed E-state index contributed by atoms with van der Waals surface area (Å²) < 4.78 is 42.9. The Morgan fingerprint density at radius 1 is 1.38 bits per heavy atom. The summed E-state index contributed by atoms with van der Waals surface area (Å²) in [7, 11) is 1.30. The van der Waals surface area contributed by atoms with E-state index in [2.05, 4.69) is 0 Å². The van der Waals surface area contributed by atoms with Crippen LogP contribution in [0.15, 0.2) is 24.3 Å². The number of alkyl halides is 3. The first-order valence-corrected chi connectivity index (χ1v) is 4.64. The van der Waals surface area contributed by atoms with Crippen LogP contribution in [0.25, 0.3) is 0 Å². The van der Waals surface area contributed by atoms with Crippen molar-refractivity contribution in [2.45, 2.75) is 18.5 Å². The van der Waals surface area contributed by atoms with Gasteiger partial charge >= 0.3 is 6.18 Å². The van der Waals surface area contributed by atoms with Crippen molar-refractivity contribution in [2.75, 3.05) is 7.11 Å². The summed E-state index contributed by atoms with van der Waals surface area (Å²) in [6, 6.07) is 5.83. The Kier molecular flexibility index (Phi) is 3.93. The van der Waals surface area contributed by atoms with Crippen LogP contribution in [0.4, 0.5) is 13.2 Å². The summed E-state index contributed by atoms with van der Waals surface area (Å²) in [6.07, 6.45) is -4.77. The number of ether oxygens (including phenoxy) is 1. The van der Waals surface area contributed by atoms with Gasteiger partial charge in [-0.25, -0.2) is 0 Å². The van der Waals surface area contributed by atoms with E-state index in [1.165, 1.54) is 25.3 Å². The Hall–Kier alpha value is -1.52. The zero-order chi connectivity index (χ0) is 12.2. The lowest BCUT2D eigenvalue weighted by Crippen LogP contribution is -2.21. The predicted molar refractivity (Wildman–Crippen MR) is 52.5 cm³/mol. The summed E-state index contributed by atoms with van der Waals surface area (Å²) in [5, 5.41) is 0. The average molecular weight is 232 g/mol. The van der Waals surface area contributed by atoms with Gasteiger partial charge in [-0.15, -0.1) is 0 Å². The lowest BCUT2D eigenvalue weighted by atomic mass is 9.95. The fourth-order valence-corrected chi connectivity index (χ4v) is 1.49. The first-order valence-electron chi connectivity index (χ1n) is 4.64. The molecule has 0 aliphatic rings. The number of carbonyl (C=O) groups excluding carboxylic acids is 1. The first-order chi connectivity index (χ1) is 7.50. The standard InChI is InChI=1S/C11H11F3O2/c1-16-10-5-3-2-4-8(10)9(6-7-15)11(12,13)14/h2-5,7,9H,6H2,1H3. The Labute approximate surface area is 91.0 Å². The molecule has 0 N–H and O–H groups in total. The fourth-order valence-electron chi connectivity index (χ4n) is 1.49. The van der Waals surface area contributed by atoms with Crippen molar-refractivity contribution < 1.29 is 22.7 Å². The molecule has 1 aromatic carbocycles. The number of benzene rings is 1. The quantitative estimate of drug-likeness (QED) is 0.746. The zero-order valence-electron chi connectivity index (χ0n) is 8.62. The number of hydrogen-bond donors (Lipinski definition) is 0. The Morgan fingerprint density at radius 2 is 2.00 bits per heavy atom. The molecule has 0 aliphatic heterocycles. The summed E-state index contributed by atoms with van der Waals surface area (Å²) in [5.74, 6) is -1.66. The largest absolute Gasteiger partial charge is 0.496 e. The molecule has 5 heteroatoms.